The summed E-state index contributed by atoms with van der Waals surface area (Å²) in [4.78, 5) is 0. The van der Waals surface area contributed by atoms with Crippen LogP contribution in [0.4, 0.5) is 0 Å². The number of rotatable bonds is 5. The maximum atomic E-state index is 6.16. The molecular formula is C15H28O2. The molecule has 1 heterocycles. The molecule has 0 aromatic carbocycles. The van der Waals surface area contributed by atoms with Crippen molar-refractivity contribution in [3.63, 3.8) is 0 Å². The summed E-state index contributed by atoms with van der Waals surface area (Å²) in [6, 6.07) is 0. The molecule has 0 aromatic heterocycles. The van der Waals surface area contributed by atoms with Crippen LogP contribution in [0.1, 0.15) is 53.4 Å². The van der Waals surface area contributed by atoms with Crippen LogP contribution in [0.25, 0.3) is 0 Å². The lowest BCUT2D eigenvalue weighted by atomic mass is 9.75. The molecule has 2 heteroatoms. The highest BCUT2D eigenvalue weighted by atomic mass is 16.6. The van der Waals surface area contributed by atoms with Gasteiger partial charge in [0, 0.05) is 0 Å². The first kappa shape index (κ1) is 13.4. The van der Waals surface area contributed by atoms with Gasteiger partial charge in [-0.2, -0.15) is 0 Å². The Hall–Kier alpha value is -0.0800. The Labute approximate surface area is 106 Å². The highest BCUT2D eigenvalue weighted by Gasteiger charge is 2.39. The number of ether oxygens (including phenoxy) is 2. The van der Waals surface area contributed by atoms with Crippen LogP contribution in [0.15, 0.2) is 0 Å². The first-order valence-corrected chi connectivity index (χ1v) is 7.38. The van der Waals surface area contributed by atoms with Crippen molar-refractivity contribution >= 4 is 0 Å². The van der Waals surface area contributed by atoms with Crippen molar-refractivity contribution in [2.45, 2.75) is 71.7 Å². The lowest BCUT2D eigenvalue weighted by Crippen LogP contribution is -2.35. The van der Waals surface area contributed by atoms with Gasteiger partial charge in [0.2, 0.25) is 0 Å². The second kappa shape index (κ2) is 5.71. The third kappa shape index (κ3) is 3.45. The lowest BCUT2D eigenvalue weighted by Gasteiger charge is -2.37. The largest absolute Gasteiger partial charge is 0.375 e. The van der Waals surface area contributed by atoms with Crippen molar-refractivity contribution in [1.29, 1.82) is 0 Å². The van der Waals surface area contributed by atoms with E-state index < -0.39 is 0 Å². The summed E-state index contributed by atoms with van der Waals surface area (Å²) in [5.74, 6) is 2.33. The molecule has 0 N–H and O–H groups in total. The van der Waals surface area contributed by atoms with Gasteiger partial charge in [-0.15, -0.1) is 0 Å². The van der Waals surface area contributed by atoms with Crippen molar-refractivity contribution < 1.29 is 9.47 Å². The third-order valence-corrected chi connectivity index (χ3v) is 4.53. The zero-order chi connectivity index (χ0) is 12.4. The number of epoxide rings is 1. The molecule has 1 aliphatic carbocycles. The van der Waals surface area contributed by atoms with E-state index in [0.717, 1.165) is 30.8 Å². The Morgan fingerprint density at radius 2 is 2.00 bits per heavy atom. The molecule has 0 spiro atoms. The van der Waals surface area contributed by atoms with Gasteiger partial charge in [-0.3, -0.25) is 0 Å². The van der Waals surface area contributed by atoms with E-state index in [1.165, 1.54) is 19.3 Å². The predicted molar refractivity (Wildman–Crippen MR) is 70.0 cm³/mol. The molecule has 5 atom stereocenters. The first-order valence-electron chi connectivity index (χ1n) is 7.38. The Kier molecular flexibility index (Phi) is 4.48. The first-order chi connectivity index (χ1) is 8.11. The summed E-state index contributed by atoms with van der Waals surface area (Å²) in [5, 5.41) is 0. The number of hydrogen-bond donors (Lipinski definition) is 0. The summed E-state index contributed by atoms with van der Waals surface area (Å²) in [6.45, 7) is 10.0. The Bertz CT molecular complexity index is 239. The minimum atomic E-state index is 0.394. The molecule has 2 fully saturated rings. The molecule has 2 nitrogen and oxygen atoms in total. The van der Waals surface area contributed by atoms with E-state index in [0.29, 0.717) is 18.3 Å². The van der Waals surface area contributed by atoms with Gasteiger partial charge in [-0.05, 0) is 37.0 Å². The van der Waals surface area contributed by atoms with Crippen LogP contribution in [-0.4, -0.2) is 24.9 Å². The monoisotopic (exact) mass is 240 g/mol. The van der Waals surface area contributed by atoms with Crippen LogP contribution in [-0.2, 0) is 9.47 Å². The van der Waals surface area contributed by atoms with Crippen molar-refractivity contribution in [2.75, 3.05) is 6.61 Å². The average Bonchev–Trinajstić information content (AvgIpc) is 3.04. The molecular weight excluding hydrogens is 212 g/mol. The predicted octanol–water partition coefficient (Wildman–Crippen LogP) is 3.64. The van der Waals surface area contributed by atoms with E-state index in [-0.39, 0.29) is 0 Å². The van der Waals surface area contributed by atoms with E-state index in [4.69, 9.17) is 9.47 Å². The lowest BCUT2D eigenvalue weighted by molar-refractivity contribution is -0.0430. The van der Waals surface area contributed by atoms with E-state index in [9.17, 15) is 0 Å². The van der Waals surface area contributed by atoms with Crippen LogP contribution in [0.3, 0.4) is 0 Å². The van der Waals surface area contributed by atoms with Gasteiger partial charge in [0.25, 0.3) is 0 Å². The minimum absolute atomic E-state index is 0.394. The quantitative estimate of drug-likeness (QED) is 0.684. The molecule has 2 aliphatic rings. The van der Waals surface area contributed by atoms with Gasteiger partial charge in [0.1, 0.15) is 6.10 Å². The normalized spacial score (nSPS) is 41.8. The molecule has 0 aromatic rings. The van der Waals surface area contributed by atoms with E-state index in [1.807, 2.05) is 0 Å². The highest BCUT2D eigenvalue weighted by molar-refractivity contribution is 4.86. The molecule has 1 saturated heterocycles. The van der Waals surface area contributed by atoms with E-state index >= 15 is 0 Å². The summed E-state index contributed by atoms with van der Waals surface area (Å²) >= 11 is 0. The molecule has 1 saturated carbocycles. The zero-order valence-electron chi connectivity index (χ0n) is 11.8. The highest BCUT2D eigenvalue weighted by Crippen LogP contribution is 2.36. The van der Waals surface area contributed by atoms with Crippen molar-refractivity contribution in [3.8, 4) is 0 Å². The topological polar surface area (TPSA) is 21.8 Å². The standard InChI is InChI=1S/C15H28O2/c1-5-13-15(17-13)9-16-14-8-11(4)6-7-12(14)10(2)3/h10-15H,5-9H2,1-4H3. The molecule has 2 rings (SSSR count). The van der Waals surface area contributed by atoms with Gasteiger partial charge >= 0.3 is 0 Å². The van der Waals surface area contributed by atoms with E-state index in [1.54, 1.807) is 0 Å². The van der Waals surface area contributed by atoms with Crippen LogP contribution >= 0.6 is 0 Å². The third-order valence-electron chi connectivity index (χ3n) is 4.53. The van der Waals surface area contributed by atoms with Crippen LogP contribution in [0.5, 0.6) is 0 Å². The molecule has 100 valence electrons. The summed E-state index contributed by atoms with van der Waals surface area (Å²) in [5.41, 5.74) is 0. The van der Waals surface area contributed by atoms with Gasteiger partial charge in [-0.1, -0.05) is 34.1 Å². The van der Waals surface area contributed by atoms with Gasteiger partial charge in [0.05, 0.1) is 18.8 Å². The summed E-state index contributed by atoms with van der Waals surface area (Å²) in [7, 11) is 0. The second-order valence-corrected chi connectivity index (χ2v) is 6.32. The Balaban J connectivity index is 1.79. The SMILES string of the molecule is CCC1OC1COC1CC(C)CCC1C(C)C. The molecule has 1 aliphatic heterocycles. The Morgan fingerprint density at radius 1 is 1.24 bits per heavy atom. The zero-order valence-corrected chi connectivity index (χ0v) is 11.8. The average molecular weight is 240 g/mol. The summed E-state index contributed by atoms with van der Waals surface area (Å²) in [6.07, 6.45) is 6.43. The van der Waals surface area contributed by atoms with Gasteiger partial charge in [0.15, 0.2) is 0 Å². The smallest absolute Gasteiger partial charge is 0.107 e. The van der Waals surface area contributed by atoms with Crippen molar-refractivity contribution in [3.05, 3.63) is 0 Å². The Morgan fingerprint density at radius 3 is 2.59 bits per heavy atom. The molecule has 0 radical (unpaired) electrons. The fourth-order valence-electron chi connectivity index (χ4n) is 3.21. The van der Waals surface area contributed by atoms with Crippen molar-refractivity contribution in [2.24, 2.45) is 17.8 Å². The van der Waals surface area contributed by atoms with Gasteiger partial charge < -0.3 is 9.47 Å². The van der Waals surface area contributed by atoms with Crippen molar-refractivity contribution in [1.82, 2.24) is 0 Å². The van der Waals surface area contributed by atoms with E-state index in [2.05, 4.69) is 27.7 Å². The molecule has 5 unspecified atom stereocenters. The van der Waals surface area contributed by atoms with Crippen LogP contribution in [0.2, 0.25) is 0 Å². The minimum Gasteiger partial charge on any atom is -0.375 e. The van der Waals surface area contributed by atoms with Gasteiger partial charge in [-0.25, -0.2) is 0 Å². The fraction of sp³-hybridized carbons (Fsp3) is 1.00. The maximum absolute atomic E-state index is 6.16. The molecule has 0 amide bonds. The second-order valence-electron chi connectivity index (χ2n) is 6.32. The molecule has 17 heavy (non-hydrogen) atoms. The fourth-order valence-corrected chi connectivity index (χ4v) is 3.21. The number of hydrogen-bond acceptors (Lipinski definition) is 2. The van der Waals surface area contributed by atoms with Crippen LogP contribution in [0, 0.1) is 17.8 Å². The summed E-state index contributed by atoms with van der Waals surface area (Å²) < 4.78 is 11.7. The maximum Gasteiger partial charge on any atom is 0.107 e. The van der Waals surface area contributed by atoms with Crippen LogP contribution < -0.4 is 0 Å². The molecule has 0 bridgehead atoms.